The first-order valence-electron chi connectivity index (χ1n) is 9.75. The molecular formula is C20H22Cl2N2O4S2. The zero-order valence-corrected chi connectivity index (χ0v) is 19.5. The van der Waals surface area contributed by atoms with E-state index in [0.717, 1.165) is 19.3 Å². The molecule has 2 aliphatic heterocycles. The predicted molar refractivity (Wildman–Crippen MR) is 118 cm³/mol. The summed E-state index contributed by atoms with van der Waals surface area (Å²) in [6, 6.07) is 8.60. The highest BCUT2D eigenvalue weighted by Gasteiger charge is 2.38. The molecule has 1 atom stereocenters. The molecule has 0 bridgehead atoms. The molecule has 0 N–H and O–H groups in total. The third-order valence-electron chi connectivity index (χ3n) is 5.59. The van der Waals surface area contributed by atoms with Crippen LogP contribution >= 0.6 is 23.2 Å². The Morgan fingerprint density at radius 3 is 2.30 bits per heavy atom. The number of fused-ring (bicyclic) bond motifs is 1. The smallest absolute Gasteiger partial charge is 0.263 e. The Morgan fingerprint density at radius 1 is 0.900 bits per heavy atom. The fraction of sp³-hybridized carbons (Fsp3) is 0.400. The lowest BCUT2D eigenvalue weighted by molar-refractivity contribution is 0.346. The van der Waals surface area contributed by atoms with Gasteiger partial charge in [-0.3, -0.25) is 4.31 Å². The average Bonchev–Trinajstić information content (AvgIpc) is 3.06. The molecule has 0 unspecified atom stereocenters. The van der Waals surface area contributed by atoms with Crippen molar-refractivity contribution in [3.8, 4) is 0 Å². The predicted octanol–water partition coefficient (Wildman–Crippen LogP) is 4.31. The molecule has 162 valence electrons. The lowest BCUT2D eigenvalue weighted by atomic mass is 10.1. The molecule has 2 heterocycles. The van der Waals surface area contributed by atoms with Gasteiger partial charge in [0.2, 0.25) is 10.0 Å². The average molecular weight is 489 g/mol. The van der Waals surface area contributed by atoms with Crippen LogP contribution < -0.4 is 4.31 Å². The summed E-state index contributed by atoms with van der Waals surface area (Å²) < 4.78 is 55.6. The van der Waals surface area contributed by atoms with Gasteiger partial charge in [0.1, 0.15) is 4.90 Å². The number of halogens is 2. The van der Waals surface area contributed by atoms with E-state index in [-0.39, 0.29) is 25.9 Å². The number of rotatable bonds is 4. The van der Waals surface area contributed by atoms with E-state index in [4.69, 9.17) is 23.2 Å². The van der Waals surface area contributed by atoms with Crippen molar-refractivity contribution in [2.45, 2.75) is 48.4 Å². The van der Waals surface area contributed by atoms with Gasteiger partial charge in [-0.05, 0) is 68.1 Å². The normalized spacial score (nSPS) is 20.4. The van der Waals surface area contributed by atoms with Gasteiger partial charge < -0.3 is 0 Å². The molecule has 30 heavy (non-hydrogen) atoms. The number of hydrogen-bond acceptors (Lipinski definition) is 4. The van der Waals surface area contributed by atoms with Gasteiger partial charge in [-0.15, -0.1) is 0 Å². The highest BCUT2D eigenvalue weighted by atomic mass is 35.5. The third kappa shape index (κ3) is 3.73. The second-order valence-corrected chi connectivity index (χ2v) is 12.2. The summed E-state index contributed by atoms with van der Waals surface area (Å²) in [5.74, 6) is 0. The molecule has 2 aromatic rings. The highest BCUT2D eigenvalue weighted by molar-refractivity contribution is 7.93. The molecule has 0 aliphatic carbocycles. The van der Waals surface area contributed by atoms with Crippen molar-refractivity contribution in [3.05, 3.63) is 52.0 Å². The van der Waals surface area contributed by atoms with Crippen LogP contribution in [0.5, 0.6) is 0 Å². The van der Waals surface area contributed by atoms with Crippen LogP contribution in [-0.4, -0.2) is 40.3 Å². The maximum atomic E-state index is 13.4. The summed E-state index contributed by atoms with van der Waals surface area (Å²) >= 11 is 12.2. The van der Waals surface area contributed by atoms with Crippen LogP contribution in [0.25, 0.3) is 0 Å². The Balaban J connectivity index is 1.74. The maximum Gasteiger partial charge on any atom is 0.266 e. The number of benzene rings is 2. The minimum atomic E-state index is -3.97. The topological polar surface area (TPSA) is 74.8 Å². The molecule has 4 rings (SSSR count). The van der Waals surface area contributed by atoms with E-state index >= 15 is 0 Å². The van der Waals surface area contributed by atoms with E-state index in [1.807, 2.05) is 0 Å². The molecule has 0 amide bonds. The van der Waals surface area contributed by atoms with Gasteiger partial charge in [-0.25, -0.2) is 16.8 Å². The third-order valence-corrected chi connectivity index (χ3v) is 10.1. The molecular weight excluding hydrogens is 467 g/mol. The van der Waals surface area contributed by atoms with Gasteiger partial charge in [-0.1, -0.05) is 29.6 Å². The fourth-order valence-corrected chi connectivity index (χ4v) is 8.14. The summed E-state index contributed by atoms with van der Waals surface area (Å²) in [6.07, 6.45) is 3.16. The van der Waals surface area contributed by atoms with Gasteiger partial charge in [-0.2, -0.15) is 4.31 Å². The second-order valence-electron chi connectivity index (χ2n) is 7.68. The molecule has 2 aliphatic rings. The first-order valence-corrected chi connectivity index (χ1v) is 13.4. The SMILES string of the molecule is C[C@@H]1Cc2cc(S(=O)(=O)N3CCCCC3)ccc2N1S(=O)(=O)c1cc(Cl)ccc1Cl. The standard InChI is InChI=1S/C20H22Cl2N2O4S2/c1-14-11-15-12-17(29(25,26)23-9-3-2-4-10-23)6-8-19(15)24(14)30(27,28)20-13-16(21)5-7-18(20)22/h5-8,12-14H,2-4,9-11H2,1H3/t14-/m1/s1. The Kier molecular flexibility index (Phi) is 5.83. The minimum Gasteiger partial charge on any atom is -0.263 e. The van der Waals surface area contributed by atoms with Crippen molar-refractivity contribution in [3.63, 3.8) is 0 Å². The van der Waals surface area contributed by atoms with E-state index < -0.39 is 20.0 Å². The van der Waals surface area contributed by atoms with E-state index in [9.17, 15) is 16.8 Å². The minimum absolute atomic E-state index is 0.0682. The largest absolute Gasteiger partial charge is 0.266 e. The number of sulfonamides is 2. The first-order chi connectivity index (χ1) is 14.1. The fourth-order valence-electron chi connectivity index (χ4n) is 4.14. The molecule has 1 saturated heterocycles. The Labute approximate surface area is 187 Å². The summed E-state index contributed by atoms with van der Waals surface area (Å²) in [4.78, 5) is 0.136. The molecule has 0 radical (unpaired) electrons. The molecule has 0 aromatic heterocycles. The van der Waals surface area contributed by atoms with E-state index in [1.165, 1.54) is 32.9 Å². The number of anilines is 1. The van der Waals surface area contributed by atoms with Crippen LogP contribution in [0.4, 0.5) is 5.69 Å². The van der Waals surface area contributed by atoms with Gasteiger partial charge >= 0.3 is 0 Å². The van der Waals surface area contributed by atoms with E-state index in [1.54, 1.807) is 19.1 Å². The van der Waals surface area contributed by atoms with Crippen molar-refractivity contribution in [1.82, 2.24) is 4.31 Å². The first kappa shape index (κ1) is 21.9. The van der Waals surface area contributed by atoms with Crippen molar-refractivity contribution < 1.29 is 16.8 Å². The Bertz CT molecular complexity index is 1190. The van der Waals surface area contributed by atoms with Crippen molar-refractivity contribution >= 4 is 48.9 Å². The monoisotopic (exact) mass is 488 g/mol. The van der Waals surface area contributed by atoms with Gasteiger partial charge in [0.25, 0.3) is 10.0 Å². The van der Waals surface area contributed by atoms with Gasteiger partial charge in [0.05, 0.1) is 15.6 Å². The van der Waals surface area contributed by atoms with Crippen LogP contribution in [0.3, 0.4) is 0 Å². The summed E-state index contributed by atoms with van der Waals surface area (Å²) in [7, 11) is -7.56. The second kappa shape index (κ2) is 7.98. The van der Waals surface area contributed by atoms with E-state index in [0.29, 0.717) is 30.8 Å². The molecule has 0 spiro atoms. The van der Waals surface area contributed by atoms with Crippen LogP contribution in [0.1, 0.15) is 31.7 Å². The van der Waals surface area contributed by atoms with Crippen LogP contribution in [0.15, 0.2) is 46.2 Å². The van der Waals surface area contributed by atoms with Gasteiger partial charge in [0, 0.05) is 24.2 Å². The van der Waals surface area contributed by atoms with Crippen LogP contribution in [0.2, 0.25) is 10.0 Å². The van der Waals surface area contributed by atoms with E-state index in [2.05, 4.69) is 0 Å². The Hall–Kier alpha value is -1.32. The molecule has 6 nitrogen and oxygen atoms in total. The van der Waals surface area contributed by atoms with Crippen LogP contribution in [-0.2, 0) is 26.5 Å². The Morgan fingerprint density at radius 2 is 1.60 bits per heavy atom. The maximum absolute atomic E-state index is 13.4. The van der Waals surface area contributed by atoms with Crippen molar-refractivity contribution in [2.75, 3.05) is 17.4 Å². The lowest BCUT2D eigenvalue weighted by Crippen LogP contribution is -2.36. The van der Waals surface area contributed by atoms with Crippen molar-refractivity contribution in [2.24, 2.45) is 0 Å². The zero-order valence-electron chi connectivity index (χ0n) is 16.4. The molecule has 1 fully saturated rings. The number of hydrogen-bond donors (Lipinski definition) is 0. The summed E-state index contributed by atoms with van der Waals surface area (Å²) in [5, 5.41) is 0.359. The summed E-state index contributed by atoms with van der Waals surface area (Å²) in [6.45, 7) is 2.82. The molecule has 10 heteroatoms. The quantitative estimate of drug-likeness (QED) is 0.642. The highest BCUT2D eigenvalue weighted by Crippen LogP contribution is 2.40. The number of piperidine rings is 1. The van der Waals surface area contributed by atoms with Gasteiger partial charge in [0.15, 0.2) is 0 Å². The lowest BCUT2D eigenvalue weighted by Gasteiger charge is -2.26. The zero-order chi connectivity index (χ0) is 21.7. The number of nitrogens with zero attached hydrogens (tertiary/aromatic N) is 2. The van der Waals surface area contributed by atoms with Crippen molar-refractivity contribution in [1.29, 1.82) is 0 Å². The molecule has 0 saturated carbocycles. The summed E-state index contributed by atoms with van der Waals surface area (Å²) in [5.41, 5.74) is 1.15. The van der Waals surface area contributed by atoms with Crippen LogP contribution in [0, 0.1) is 0 Å². The molecule has 2 aromatic carbocycles.